The molecule has 1 aliphatic rings. The molecule has 2 aromatic heterocycles. The number of aryl methyl sites for hydroxylation is 1. The minimum absolute atomic E-state index is 0.0516. The maximum absolute atomic E-state index is 12.3. The molecule has 10 heteroatoms. The van der Waals surface area contributed by atoms with E-state index in [2.05, 4.69) is 16.0 Å². The lowest BCUT2D eigenvalue weighted by Crippen LogP contribution is -2.52. The number of likely N-dealkylation sites (tertiary alicyclic amines) is 1. The average molecular weight is 468 g/mol. The molecule has 2 N–H and O–H groups in total. The van der Waals surface area contributed by atoms with Crippen molar-refractivity contribution in [3.05, 3.63) is 45.9 Å². The minimum atomic E-state index is -0.214. The highest BCUT2D eigenvalue weighted by Crippen LogP contribution is 2.44. The smallest absolute Gasteiger partial charge is 0.319 e. The Hall–Kier alpha value is -3.51. The van der Waals surface area contributed by atoms with E-state index in [4.69, 9.17) is 22.1 Å². The van der Waals surface area contributed by atoms with Crippen molar-refractivity contribution in [2.45, 2.75) is 25.8 Å². The van der Waals surface area contributed by atoms with Crippen molar-refractivity contribution >= 4 is 34.5 Å². The molecule has 1 atom stereocenters. The fraction of sp³-hybridized carbons (Fsp3) is 0.391. The van der Waals surface area contributed by atoms with E-state index in [9.17, 15) is 10.1 Å². The Balaban J connectivity index is 1.82. The van der Waals surface area contributed by atoms with Gasteiger partial charge < -0.3 is 24.8 Å². The summed E-state index contributed by atoms with van der Waals surface area (Å²) in [7, 11) is 5.02. The summed E-state index contributed by atoms with van der Waals surface area (Å²) >= 11 is 6.60. The Morgan fingerprint density at radius 1 is 1.39 bits per heavy atom. The molecule has 0 spiro atoms. The number of nitrogens with zero attached hydrogens (tertiary/aromatic N) is 6. The van der Waals surface area contributed by atoms with Gasteiger partial charge in [-0.25, -0.2) is 14.8 Å². The number of fused-ring (bicyclic) bond motifs is 1. The van der Waals surface area contributed by atoms with Gasteiger partial charge in [0.1, 0.15) is 29.6 Å². The van der Waals surface area contributed by atoms with Gasteiger partial charge in [0.25, 0.3) is 0 Å². The van der Waals surface area contributed by atoms with Crippen LogP contribution in [0.3, 0.4) is 0 Å². The van der Waals surface area contributed by atoms with Gasteiger partial charge in [-0.1, -0.05) is 11.6 Å². The summed E-state index contributed by atoms with van der Waals surface area (Å²) in [6.07, 6.45) is 3.42. The third-order valence-electron chi connectivity index (χ3n) is 6.25. The van der Waals surface area contributed by atoms with Crippen LogP contribution in [-0.2, 0) is 0 Å². The summed E-state index contributed by atoms with van der Waals surface area (Å²) in [6, 6.07) is 3.73. The topological polar surface area (TPSA) is 113 Å². The van der Waals surface area contributed by atoms with Gasteiger partial charge in [-0.15, -0.1) is 0 Å². The van der Waals surface area contributed by atoms with Crippen molar-refractivity contribution in [1.29, 1.82) is 5.26 Å². The maximum Gasteiger partial charge on any atom is 0.319 e. The van der Waals surface area contributed by atoms with Crippen LogP contribution in [0.4, 0.5) is 10.6 Å². The summed E-state index contributed by atoms with van der Waals surface area (Å²) in [5.41, 5.74) is 9.71. The second-order valence-corrected chi connectivity index (χ2v) is 8.92. The Kier molecular flexibility index (Phi) is 5.80. The molecule has 3 heterocycles. The molecule has 172 valence electrons. The summed E-state index contributed by atoms with van der Waals surface area (Å²) in [5, 5.41) is 11.0. The lowest BCUT2D eigenvalue weighted by molar-refractivity contribution is 0.127. The van der Waals surface area contributed by atoms with Crippen LogP contribution in [0.15, 0.2) is 18.6 Å². The maximum atomic E-state index is 12.3. The zero-order chi connectivity index (χ0) is 24.0. The zero-order valence-corrected chi connectivity index (χ0v) is 20.0. The second-order valence-electron chi connectivity index (χ2n) is 8.51. The molecule has 0 saturated carbocycles. The quantitative estimate of drug-likeness (QED) is 0.627. The van der Waals surface area contributed by atoms with Crippen molar-refractivity contribution in [2.75, 3.05) is 40.0 Å². The standard InChI is InChI=1S/C23H26ClN7O2/c1-12-8-31(22-18(12)21(26)27-11-28-22)13(2)15-6-17(24)16(7-25)19(20(15)33-5)14-9-30(10-14)23(32)29(3)4/h6,8,11,13-14H,9-10H2,1-5H3,(H2,26,27,28). The number of hydrogen-bond acceptors (Lipinski definition) is 6. The van der Waals surface area contributed by atoms with Gasteiger partial charge in [-0.05, 0) is 25.5 Å². The van der Waals surface area contributed by atoms with Gasteiger partial charge in [-0.2, -0.15) is 5.26 Å². The molecule has 1 aromatic carbocycles. The van der Waals surface area contributed by atoms with Gasteiger partial charge in [0.2, 0.25) is 0 Å². The number of carbonyl (C=O) groups excluding carboxylic acids is 1. The lowest BCUT2D eigenvalue weighted by Gasteiger charge is -2.41. The predicted octanol–water partition coefficient (Wildman–Crippen LogP) is 3.55. The van der Waals surface area contributed by atoms with Crippen molar-refractivity contribution in [1.82, 2.24) is 24.3 Å². The van der Waals surface area contributed by atoms with Crippen molar-refractivity contribution < 1.29 is 9.53 Å². The molecule has 0 bridgehead atoms. The monoisotopic (exact) mass is 467 g/mol. The number of ether oxygens (including phenoxy) is 1. The first kappa shape index (κ1) is 22.7. The van der Waals surface area contributed by atoms with E-state index in [1.165, 1.54) is 11.2 Å². The molecule has 1 aliphatic heterocycles. The summed E-state index contributed by atoms with van der Waals surface area (Å²) in [5.74, 6) is 0.977. The first-order valence-corrected chi connectivity index (χ1v) is 10.9. The van der Waals surface area contributed by atoms with Crippen LogP contribution in [0.1, 0.15) is 41.1 Å². The third kappa shape index (κ3) is 3.60. The van der Waals surface area contributed by atoms with Crippen LogP contribution in [-0.4, -0.2) is 64.7 Å². The van der Waals surface area contributed by atoms with Gasteiger partial charge in [0.15, 0.2) is 0 Å². The lowest BCUT2D eigenvalue weighted by atomic mass is 9.85. The number of amides is 2. The highest BCUT2D eigenvalue weighted by atomic mass is 35.5. The van der Waals surface area contributed by atoms with Crippen LogP contribution in [0.25, 0.3) is 11.0 Å². The molecule has 1 saturated heterocycles. The number of urea groups is 1. The number of halogens is 1. The fourth-order valence-electron chi connectivity index (χ4n) is 4.56. The van der Waals surface area contributed by atoms with E-state index < -0.39 is 0 Å². The molecule has 1 fully saturated rings. The largest absolute Gasteiger partial charge is 0.496 e. The molecule has 0 radical (unpaired) electrons. The number of nitrogen functional groups attached to an aromatic ring is 1. The third-order valence-corrected chi connectivity index (χ3v) is 6.55. The molecule has 4 rings (SSSR count). The van der Waals surface area contributed by atoms with Crippen molar-refractivity contribution in [3.63, 3.8) is 0 Å². The minimum Gasteiger partial charge on any atom is -0.496 e. The molecule has 3 aromatic rings. The average Bonchev–Trinajstić information content (AvgIpc) is 3.09. The number of rotatable bonds is 4. The molecule has 2 amide bonds. The molecule has 0 aliphatic carbocycles. The van der Waals surface area contributed by atoms with Gasteiger partial charge in [-0.3, -0.25) is 0 Å². The number of methoxy groups -OCH3 is 1. The van der Waals surface area contributed by atoms with Gasteiger partial charge >= 0.3 is 6.03 Å². The van der Waals surface area contributed by atoms with E-state index >= 15 is 0 Å². The van der Waals surface area contributed by atoms with Crippen LogP contribution in [0.2, 0.25) is 5.02 Å². The fourth-order valence-corrected chi connectivity index (χ4v) is 4.82. The predicted molar refractivity (Wildman–Crippen MR) is 127 cm³/mol. The van der Waals surface area contributed by atoms with Crippen molar-refractivity contribution in [2.24, 2.45) is 0 Å². The van der Waals surface area contributed by atoms with E-state index in [1.807, 2.05) is 24.6 Å². The van der Waals surface area contributed by atoms with Gasteiger partial charge in [0.05, 0.1) is 29.1 Å². The number of nitrogens with two attached hydrogens (primary N) is 1. The summed E-state index contributed by atoms with van der Waals surface area (Å²) < 4.78 is 7.87. The number of anilines is 1. The normalized spacial score (nSPS) is 14.6. The van der Waals surface area contributed by atoms with E-state index in [0.29, 0.717) is 40.9 Å². The van der Waals surface area contributed by atoms with Crippen LogP contribution >= 0.6 is 11.6 Å². The first-order chi connectivity index (χ1) is 15.7. The highest BCUT2D eigenvalue weighted by Gasteiger charge is 2.38. The van der Waals surface area contributed by atoms with Crippen molar-refractivity contribution in [3.8, 4) is 11.8 Å². The molecular weight excluding hydrogens is 442 g/mol. The number of aromatic nitrogens is 3. The number of carbonyl (C=O) groups is 1. The Bertz CT molecular complexity index is 1290. The Labute approximate surface area is 197 Å². The Morgan fingerprint density at radius 3 is 2.70 bits per heavy atom. The number of benzene rings is 1. The second kappa shape index (κ2) is 8.45. The molecule has 1 unspecified atom stereocenters. The zero-order valence-electron chi connectivity index (χ0n) is 19.3. The highest BCUT2D eigenvalue weighted by molar-refractivity contribution is 6.32. The molecule has 33 heavy (non-hydrogen) atoms. The molecular formula is C23H26ClN7O2. The first-order valence-electron chi connectivity index (χ1n) is 10.5. The van der Waals surface area contributed by atoms with E-state index in [-0.39, 0.29) is 18.0 Å². The van der Waals surface area contributed by atoms with E-state index in [1.54, 1.807) is 32.2 Å². The van der Waals surface area contributed by atoms with Crippen LogP contribution < -0.4 is 10.5 Å². The summed E-state index contributed by atoms with van der Waals surface area (Å²) in [6.45, 7) is 4.96. The SMILES string of the molecule is COc1c(C(C)n2cc(C)c3c(N)ncnc32)cc(Cl)c(C#N)c1C1CN(C(=O)N(C)C)C1. The van der Waals surface area contributed by atoms with Crippen LogP contribution in [0, 0.1) is 18.3 Å². The van der Waals surface area contributed by atoms with Gasteiger partial charge in [0, 0.05) is 50.4 Å². The number of hydrogen-bond donors (Lipinski definition) is 1. The summed E-state index contributed by atoms with van der Waals surface area (Å²) in [4.78, 5) is 24.1. The van der Waals surface area contributed by atoms with Crippen LogP contribution in [0.5, 0.6) is 5.75 Å². The van der Waals surface area contributed by atoms with E-state index in [0.717, 1.165) is 22.1 Å². The molecule has 9 nitrogen and oxygen atoms in total. The Morgan fingerprint density at radius 2 is 2.09 bits per heavy atom. The number of nitriles is 1.